The Kier molecular flexibility index (Phi) is 43.9. The van der Waals surface area contributed by atoms with Gasteiger partial charge < -0.3 is 51.7 Å². The largest absolute Gasteiger partial charge is 0.507 e. The van der Waals surface area contributed by atoms with E-state index >= 15 is 0 Å². The fraction of sp³-hybridized carbons (Fsp3) is 0.725. The summed E-state index contributed by atoms with van der Waals surface area (Å²) in [4.78, 5) is 28.8. The summed E-state index contributed by atoms with van der Waals surface area (Å²) in [7, 11) is 0. The molecule has 1 radical (unpaired) electrons. The Labute approximate surface area is 504 Å². The molecule has 0 aromatic heterocycles. The molecule has 1 aliphatic rings. The van der Waals surface area contributed by atoms with Gasteiger partial charge in [-0.3, -0.25) is 9.98 Å². The molecule has 1 fully saturated rings. The van der Waals surface area contributed by atoms with Crippen LogP contribution in [-0.4, -0.2) is 118 Å². The predicted octanol–water partition coefficient (Wildman–Crippen LogP) is 18.0. The van der Waals surface area contributed by atoms with Crippen molar-refractivity contribution in [2.24, 2.45) is 9.98 Å². The Bertz CT molecular complexity index is 1920. The Morgan fingerprint density at radius 2 is 0.725 bits per heavy atom. The number of hydrogen-bond acceptors (Lipinski definition) is 6. The van der Waals surface area contributed by atoms with Crippen LogP contribution in [0.25, 0.3) is 0 Å². The zero-order valence-electron chi connectivity index (χ0n) is 54.4. The molecule has 4 N–H and O–H groups in total. The molecule has 0 aliphatic heterocycles. The van der Waals surface area contributed by atoms with Crippen molar-refractivity contribution < 1.29 is 55.8 Å². The van der Waals surface area contributed by atoms with Gasteiger partial charge in [0.1, 0.15) is 11.5 Å². The number of carboxylic acid groups (broad SMARTS) is 2. The summed E-state index contributed by atoms with van der Waals surface area (Å²) in [6.45, 7) is 38.3. The number of nitrogens with zero attached hydrogens (tertiary/aromatic N) is 4. The monoisotopic (exact) mass is 1160 g/mol. The van der Waals surface area contributed by atoms with Crippen molar-refractivity contribution in [2.45, 2.75) is 273 Å². The molecule has 467 valence electrons. The molecular formula is C69H125CoN4O6-. The van der Waals surface area contributed by atoms with E-state index in [4.69, 9.17) is 29.8 Å². The summed E-state index contributed by atoms with van der Waals surface area (Å²) in [5.74, 6) is -2.94. The third-order valence-electron chi connectivity index (χ3n) is 17.5. The molecule has 0 amide bonds. The summed E-state index contributed by atoms with van der Waals surface area (Å²) in [5, 5.41) is 38.0. The van der Waals surface area contributed by atoms with Gasteiger partial charge in [-0.2, -0.15) is 0 Å². The van der Waals surface area contributed by atoms with E-state index < -0.39 is 11.9 Å². The quantitative estimate of drug-likeness (QED) is 0.0229. The van der Waals surface area contributed by atoms with Gasteiger partial charge in [-0.25, -0.2) is 9.59 Å². The molecule has 2 unspecified atom stereocenters. The van der Waals surface area contributed by atoms with Gasteiger partial charge in [0.25, 0.3) is 0 Å². The van der Waals surface area contributed by atoms with Crippen molar-refractivity contribution in [3.8, 4) is 11.5 Å². The molecule has 2 aromatic carbocycles. The number of phenolic OH excluding ortho intramolecular Hbond substituents is 2. The van der Waals surface area contributed by atoms with Crippen LogP contribution in [0.3, 0.4) is 0 Å². The molecule has 1 aliphatic carbocycles. The molecule has 80 heavy (non-hydrogen) atoms. The zero-order chi connectivity index (χ0) is 56.6. The minimum atomic E-state index is -1.82. The van der Waals surface area contributed by atoms with Crippen LogP contribution in [0.5, 0.6) is 11.5 Å². The Morgan fingerprint density at radius 3 is 0.975 bits per heavy atom. The summed E-state index contributed by atoms with van der Waals surface area (Å²) >= 11 is 0. The van der Waals surface area contributed by atoms with E-state index in [-0.39, 0.29) is 62.0 Å². The first-order chi connectivity index (χ1) is 36.3. The number of aryl methyl sites for hydroxylation is 2. The Hall–Kier alpha value is -3.25. The number of benzene rings is 2. The van der Waals surface area contributed by atoms with E-state index in [0.717, 1.165) is 60.8 Å². The minimum Gasteiger partial charge on any atom is -0.507 e. The number of phenols is 2. The molecule has 11 heteroatoms. The molecule has 0 heterocycles. The smallest absolute Gasteiger partial charge is 0.414 e. The van der Waals surface area contributed by atoms with Crippen LogP contribution >= 0.6 is 0 Å². The zero-order valence-corrected chi connectivity index (χ0v) is 55.4. The average molecular weight is 1170 g/mol. The van der Waals surface area contributed by atoms with Gasteiger partial charge in [0.05, 0.1) is 64.4 Å². The number of rotatable bonds is 38. The van der Waals surface area contributed by atoms with Gasteiger partial charge in [-0.1, -0.05) is 158 Å². The van der Waals surface area contributed by atoms with Gasteiger partial charge in [0, 0.05) is 40.3 Å². The number of aliphatic carboxylic acids is 2. The topological polar surface area (TPSA) is 140 Å². The number of unbranched alkanes of at least 4 members (excludes halogenated alkanes) is 8. The maximum absolute atomic E-state index is 11.8. The van der Waals surface area contributed by atoms with E-state index in [1.807, 2.05) is 19.4 Å². The number of quaternary nitrogens is 2. The number of aliphatic imine (C=N–C) groups is 2. The standard InChI is InChI=1S/C64H112N4O2.C2H2O4.3CH3.Co/c1-13-21-35-63(11,36-22-14-2)57-47-53(9)61(69)55(49-57)51-65-59-33-29-30-34-60(59)66-52-56-50-58(48-54(10)62(56)70)64(12,37-31-45-67(39-23-15-3,40-24-16-4)41-25-17-5)38-32-46-68(42-26-18-6,43-27-19-7)44-28-20-8;3-1(4)2(5)6;;;;/h47-52,59-60H,13-46H2,1-12H3;(H,3,4)(H,5,6);3*1H3;/q;;3*-1;/p+2. The van der Waals surface area contributed by atoms with Crippen LogP contribution in [-0.2, 0) is 37.2 Å². The number of hydrogen-bond donors (Lipinski definition) is 4. The fourth-order valence-corrected chi connectivity index (χ4v) is 12.2. The molecule has 1 saturated carbocycles. The molecule has 10 nitrogen and oxygen atoms in total. The maximum atomic E-state index is 11.8. The summed E-state index contributed by atoms with van der Waals surface area (Å²) < 4.78 is 2.58. The van der Waals surface area contributed by atoms with Crippen molar-refractivity contribution >= 4 is 24.4 Å². The molecule has 0 bridgehead atoms. The van der Waals surface area contributed by atoms with E-state index in [9.17, 15) is 10.2 Å². The van der Waals surface area contributed by atoms with Crippen LogP contribution < -0.4 is 0 Å². The summed E-state index contributed by atoms with van der Waals surface area (Å²) in [5.41, 5.74) is 6.34. The predicted molar refractivity (Wildman–Crippen MR) is 343 cm³/mol. The first-order valence-electron chi connectivity index (χ1n) is 31.2. The van der Waals surface area contributed by atoms with Crippen LogP contribution in [0.1, 0.15) is 270 Å². The second kappa shape index (κ2) is 43.4. The first kappa shape index (κ1) is 81.0. The molecule has 2 atom stereocenters. The van der Waals surface area contributed by atoms with E-state index in [1.54, 1.807) is 0 Å². The normalized spacial score (nSPS) is 14.8. The average Bonchev–Trinajstić information content (AvgIpc) is 3.41. The number of aromatic hydroxyl groups is 2. The maximum Gasteiger partial charge on any atom is 0.414 e. The third-order valence-corrected chi connectivity index (χ3v) is 17.5. The Morgan fingerprint density at radius 1 is 0.475 bits per heavy atom. The van der Waals surface area contributed by atoms with Crippen molar-refractivity contribution in [2.75, 3.05) is 52.4 Å². The van der Waals surface area contributed by atoms with Gasteiger partial charge >= 0.3 is 11.9 Å². The first-order valence-corrected chi connectivity index (χ1v) is 31.2. The molecule has 2 aromatic rings. The van der Waals surface area contributed by atoms with Crippen molar-refractivity contribution in [1.82, 2.24) is 0 Å². The van der Waals surface area contributed by atoms with Crippen LogP contribution in [0.2, 0.25) is 0 Å². The van der Waals surface area contributed by atoms with Crippen molar-refractivity contribution in [3.63, 3.8) is 0 Å². The number of carboxylic acids is 2. The number of carbonyl (C=O) groups is 2. The van der Waals surface area contributed by atoms with Gasteiger partial charge in [0.2, 0.25) is 0 Å². The van der Waals surface area contributed by atoms with Crippen LogP contribution in [0.4, 0.5) is 0 Å². The Balaban J connectivity index is -0.00000560. The van der Waals surface area contributed by atoms with E-state index in [0.29, 0.717) is 11.5 Å². The van der Waals surface area contributed by atoms with Gasteiger partial charge in [-0.05, 0) is 149 Å². The molecule has 0 saturated heterocycles. The second-order valence-electron chi connectivity index (χ2n) is 24.2. The van der Waals surface area contributed by atoms with Crippen molar-refractivity contribution in [1.29, 1.82) is 0 Å². The third kappa shape index (κ3) is 27.4. The second-order valence-corrected chi connectivity index (χ2v) is 24.2. The van der Waals surface area contributed by atoms with Crippen LogP contribution in [0, 0.1) is 36.1 Å². The van der Waals surface area contributed by atoms with Gasteiger partial charge in [0.15, 0.2) is 0 Å². The fourth-order valence-electron chi connectivity index (χ4n) is 12.2. The van der Waals surface area contributed by atoms with E-state index in [2.05, 4.69) is 100 Å². The van der Waals surface area contributed by atoms with Crippen molar-refractivity contribution in [3.05, 3.63) is 79.9 Å². The minimum absolute atomic E-state index is 0. The summed E-state index contributed by atoms with van der Waals surface area (Å²) in [6.07, 6.45) is 35.6. The molecule has 3 rings (SSSR count). The van der Waals surface area contributed by atoms with E-state index in [1.165, 1.54) is 201 Å². The SMILES string of the molecule is CCCCC(C)(CCCC)c1cc(C)c(O)c(C=NC2CCCCC2N=Cc2cc(C(C)(CCC[N+](CCCC)(CCCC)CCCC)CCC[N+](CCCC)(CCCC)CCCC)cc(C)c2O)c1.O=C(O)C(=O)O.[CH3-].[CH3-].[CH3-].[Co]. The molecule has 0 spiro atoms. The van der Waals surface area contributed by atoms with Crippen LogP contribution in [0.15, 0.2) is 34.3 Å². The van der Waals surface area contributed by atoms with Gasteiger partial charge in [-0.15, -0.1) is 0 Å². The molecular weight excluding hydrogens is 1040 g/mol. The summed E-state index contributed by atoms with van der Waals surface area (Å²) in [6, 6.07) is 9.18.